The fraction of sp³-hybridized carbons (Fsp3) is 0.267. The van der Waals surface area contributed by atoms with Crippen LogP contribution in [0, 0.1) is 0 Å². The molecule has 1 N–H and O–H groups in total. The Bertz CT molecular complexity index is 536. The van der Waals surface area contributed by atoms with Crippen molar-refractivity contribution >= 4 is 23.0 Å². The van der Waals surface area contributed by atoms with Gasteiger partial charge in [-0.1, -0.05) is 25.1 Å². The molecule has 0 aliphatic heterocycles. The maximum Gasteiger partial charge on any atom is 0.244 e. The number of furan rings is 1. The Balaban J connectivity index is 2.06. The molecule has 1 amide bonds. The van der Waals surface area contributed by atoms with E-state index in [0.717, 1.165) is 17.4 Å². The molecule has 1 unspecified atom stereocenters. The van der Waals surface area contributed by atoms with Gasteiger partial charge in [0.2, 0.25) is 5.91 Å². The van der Waals surface area contributed by atoms with E-state index >= 15 is 0 Å². The van der Waals surface area contributed by atoms with Gasteiger partial charge in [0.25, 0.3) is 0 Å². The molecule has 18 heavy (non-hydrogen) atoms. The number of carbonyl (C=O) groups is 1. The fourth-order valence-corrected chi connectivity index (χ4v) is 1.64. The van der Waals surface area contributed by atoms with Crippen LogP contribution in [0.15, 0.2) is 40.8 Å². The molecular weight excluding hydrogens is 226 g/mol. The van der Waals surface area contributed by atoms with Crippen LogP contribution in [-0.4, -0.2) is 11.9 Å². The fourth-order valence-electron chi connectivity index (χ4n) is 1.64. The van der Waals surface area contributed by atoms with Gasteiger partial charge in [-0.3, -0.25) is 4.79 Å². The highest BCUT2D eigenvalue weighted by atomic mass is 16.3. The molecular formula is C15H17NO2. The molecule has 1 atom stereocenters. The third kappa shape index (κ3) is 3.00. The zero-order chi connectivity index (χ0) is 13.0. The smallest absolute Gasteiger partial charge is 0.244 e. The minimum absolute atomic E-state index is 0.0928. The molecule has 3 nitrogen and oxygen atoms in total. The molecule has 2 rings (SSSR count). The molecule has 0 spiro atoms. The van der Waals surface area contributed by atoms with Crippen molar-refractivity contribution in [3.63, 3.8) is 0 Å². The molecule has 0 aliphatic carbocycles. The Morgan fingerprint density at radius 1 is 1.44 bits per heavy atom. The van der Waals surface area contributed by atoms with E-state index < -0.39 is 0 Å². The average molecular weight is 243 g/mol. The normalized spacial score (nSPS) is 13.0. The predicted octanol–water partition coefficient (Wildman–Crippen LogP) is 3.36. The Morgan fingerprint density at radius 3 is 2.94 bits per heavy atom. The van der Waals surface area contributed by atoms with E-state index in [4.69, 9.17) is 4.42 Å². The van der Waals surface area contributed by atoms with E-state index in [1.54, 1.807) is 6.08 Å². The van der Waals surface area contributed by atoms with E-state index in [9.17, 15) is 4.79 Å². The lowest BCUT2D eigenvalue weighted by molar-refractivity contribution is -0.117. The van der Waals surface area contributed by atoms with E-state index in [2.05, 4.69) is 5.32 Å². The van der Waals surface area contributed by atoms with Crippen LogP contribution in [0.4, 0.5) is 0 Å². The van der Waals surface area contributed by atoms with E-state index in [1.807, 2.05) is 44.2 Å². The summed E-state index contributed by atoms with van der Waals surface area (Å²) in [5, 5.41) is 3.91. The van der Waals surface area contributed by atoms with Gasteiger partial charge in [-0.2, -0.15) is 0 Å². The summed E-state index contributed by atoms with van der Waals surface area (Å²) in [6.45, 7) is 4.01. The number of fused-ring (bicyclic) bond motifs is 1. The van der Waals surface area contributed by atoms with Crippen LogP contribution >= 0.6 is 0 Å². The standard InChI is InChI=1S/C15H17NO2/c1-3-11(2)16-15(17)9-8-13-10-12-6-4-5-7-14(12)18-13/h4-11H,3H2,1-2H3,(H,16,17)/b9-8+. The summed E-state index contributed by atoms with van der Waals surface area (Å²) in [4.78, 5) is 11.6. The second kappa shape index (κ2) is 5.54. The number of rotatable bonds is 4. The highest BCUT2D eigenvalue weighted by Gasteiger charge is 2.03. The first-order valence-corrected chi connectivity index (χ1v) is 6.16. The number of hydrogen-bond donors (Lipinski definition) is 1. The summed E-state index contributed by atoms with van der Waals surface area (Å²) < 4.78 is 5.58. The number of benzene rings is 1. The minimum Gasteiger partial charge on any atom is -0.457 e. The molecule has 0 fully saturated rings. The highest BCUT2D eigenvalue weighted by molar-refractivity contribution is 5.92. The van der Waals surface area contributed by atoms with Crippen LogP contribution in [0.5, 0.6) is 0 Å². The van der Waals surface area contributed by atoms with Gasteiger partial charge in [-0.05, 0) is 31.6 Å². The van der Waals surface area contributed by atoms with E-state index in [1.165, 1.54) is 6.08 Å². The third-order valence-corrected chi connectivity index (χ3v) is 2.84. The van der Waals surface area contributed by atoms with Gasteiger partial charge in [-0.15, -0.1) is 0 Å². The lowest BCUT2D eigenvalue weighted by atomic mass is 10.2. The van der Waals surface area contributed by atoms with Gasteiger partial charge >= 0.3 is 0 Å². The van der Waals surface area contributed by atoms with E-state index in [-0.39, 0.29) is 11.9 Å². The monoisotopic (exact) mass is 243 g/mol. The Morgan fingerprint density at radius 2 is 2.22 bits per heavy atom. The molecule has 94 valence electrons. The molecule has 0 bridgehead atoms. The Labute approximate surface area is 106 Å². The van der Waals surface area contributed by atoms with Crippen molar-refractivity contribution in [3.05, 3.63) is 42.2 Å². The first-order chi connectivity index (χ1) is 8.69. The maximum atomic E-state index is 11.6. The van der Waals surface area contributed by atoms with Crippen LogP contribution in [0.25, 0.3) is 17.0 Å². The third-order valence-electron chi connectivity index (χ3n) is 2.84. The molecule has 3 heteroatoms. The van der Waals surface area contributed by atoms with Crippen molar-refractivity contribution in [2.45, 2.75) is 26.3 Å². The van der Waals surface area contributed by atoms with Crippen LogP contribution in [0.3, 0.4) is 0 Å². The van der Waals surface area contributed by atoms with Crippen molar-refractivity contribution in [2.24, 2.45) is 0 Å². The summed E-state index contributed by atoms with van der Waals surface area (Å²) in [5.74, 6) is 0.598. The lowest BCUT2D eigenvalue weighted by Crippen LogP contribution is -2.30. The summed E-state index contributed by atoms with van der Waals surface area (Å²) in [5.41, 5.74) is 0.833. The Hall–Kier alpha value is -2.03. The van der Waals surface area contributed by atoms with Crippen molar-refractivity contribution in [1.82, 2.24) is 5.32 Å². The van der Waals surface area contributed by atoms with Gasteiger partial charge in [0.05, 0.1) is 0 Å². The first-order valence-electron chi connectivity index (χ1n) is 6.16. The van der Waals surface area contributed by atoms with Crippen molar-refractivity contribution in [1.29, 1.82) is 0 Å². The van der Waals surface area contributed by atoms with Crippen molar-refractivity contribution < 1.29 is 9.21 Å². The van der Waals surface area contributed by atoms with Crippen LogP contribution in [-0.2, 0) is 4.79 Å². The number of carbonyl (C=O) groups excluding carboxylic acids is 1. The summed E-state index contributed by atoms with van der Waals surface area (Å²) in [6.07, 6.45) is 4.12. The number of hydrogen-bond acceptors (Lipinski definition) is 2. The van der Waals surface area contributed by atoms with Crippen LogP contribution in [0.2, 0.25) is 0 Å². The molecule has 2 aromatic rings. The number of para-hydroxylation sites is 1. The average Bonchev–Trinajstić information content (AvgIpc) is 2.79. The van der Waals surface area contributed by atoms with Gasteiger partial charge in [0, 0.05) is 17.5 Å². The predicted molar refractivity (Wildman–Crippen MR) is 73.1 cm³/mol. The summed E-state index contributed by atoms with van der Waals surface area (Å²) in [6, 6.07) is 9.89. The maximum absolute atomic E-state index is 11.6. The second-order valence-electron chi connectivity index (χ2n) is 4.34. The molecule has 1 aromatic heterocycles. The summed E-state index contributed by atoms with van der Waals surface area (Å²) in [7, 11) is 0. The molecule has 0 saturated carbocycles. The van der Waals surface area contributed by atoms with Gasteiger partial charge in [0.15, 0.2) is 0 Å². The van der Waals surface area contributed by atoms with Gasteiger partial charge < -0.3 is 9.73 Å². The molecule has 1 heterocycles. The van der Waals surface area contributed by atoms with E-state index in [0.29, 0.717) is 5.76 Å². The zero-order valence-corrected chi connectivity index (χ0v) is 10.6. The summed E-state index contributed by atoms with van der Waals surface area (Å²) >= 11 is 0. The Kier molecular flexibility index (Phi) is 3.82. The van der Waals surface area contributed by atoms with Crippen molar-refractivity contribution in [2.75, 3.05) is 0 Å². The lowest BCUT2D eigenvalue weighted by Gasteiger charge is -2.08. The molecule has 0 saturated heterocycles. The second-order valence-corrected chi connectivity index (χ2v) is 4.34. The minimum atomic E-state index is -0.0928. The molecule has 0 aliphatic rings. The molecule has 0 radical (unpaired) electrons. The first kappa shape index (κ1) is 12.4. The largest absolute Gasteiger partial charge is 0.457 e. The topological polar surface area (TPSA) is 42.2 Å². The zero-order valence-electron chi connectivity index (χ0n) is 10.6. The van der Waals surface area contributed by atoms with Crippen LogP contribution in [0.1, 0.15) is 26.0 Å². The number of nitrogens with one attached hydrogen (secondary N) is 1. The van der Waals surface area contributed by atoms with Crippen LogP contribution < -0.4 is 5.32 Å². The van der Waals surface area contributed by atoms with Crippen molar-refractivity contribution in [3.8, 4) is 0 Å². The quantitative estimate of drug-likeness (QED) is 0.837. The van der Waals surface area contributed by atoms with Gasteiger partial charge in [-0.25, -0.2) is 0 Å². The SMILES string of the molecule is CCC(C)NC(=O)/C=C/c1cc2ccccc2o1. The molecule has 1 aromatic carbocycles. The number of amides is 1. The highest BCUT2D eigenvalue weighted by Crippen LogP contribution is 2.19. The van der Waals surface area contributed by atoms with Gasteiger partial charge in [0.1, 0.15) is 11.3 Å².